The third-order valence-electron chi connectivity index (χ3n) is 3.72. The van der Waals surface area contributed by atoms with Crippen molar-refractivity contribution in [3.8, 4) is 0 Å². The zero-order chi connectivity index (χ0) is 12.3. The third kappa shape index (κ3) is 2.22. The van der Waals surface area contributed by atoms with Crippen LogP contribution in [0.1, 0.15) is 24.6 Å². The molecule has 0 bridgehead atoms. The molecule has 1 unspecified atom stereocenters. The van der Waals surface area contributed by atoms with Crippen molar-refractivity contribution < 1.29 is 9.47 Å². The molecule has 1 aliphatic heterocycles. The average molecular weight is 239 g/mol. The molecule has 1 N–H and O–H groups in total. The molecule has 0 amide bonds. The summed E-state index contributed by atoms with van der Waals surface area (Å²) >= 11 is 0. The zero-order valence-corrected chi connectivity index (χ0v) is 10.8. The lowest BCUT2D eigenvalue weighted by atomic mass is 9.84. The van der Waals surface area contributed by atoms with Gasteiger partial charge in [-0.15, -0.1) is 0 Å². The SMILES string of the molecule is CNC(c1ccnn1C)C1(OC)CCOCC1. The Morgan fingerprint density at radius 2 is 2.24 bits per heavy atom. The third-order valence-corrected chi connectivity index (χ3v) is 3.72. The molecular weight excluding hydrogens is 218 g/mol. The van der Waals surface area contributed by atoms with Crippen LogP contribution in [0.15, 0.2) is 12.3 Å². The van der Waals surface area contributed by atoms with Crippen LogP contribution in [0.4, 0.5) is 0 Å². The van der Waals surface area contributed by atoms with Crippen molar-refractivity contribution in [2.75, 3.05) is 27.4 Å². The molecule has 1 aromatic rings. The van der Waals surface area contributed by atoms with E-state index in [1.807, 2.05) is 31.0 Å². The Morgan fingerprint density at radius 1 is 1.53 bits per heavy atom. The zero-order valence-electron chi connectivity index (χ0n) is 10.8. The number of aryl methyl sites for hydroxylation is 1. The van der Waals surface area contributed by atoms with Gasteiger partial charge in [-0.05, 0) is 13.1 Å². The summed E-state index contributed by atoms with van der Waals surface area (Å²) in [5, 5.41) is 7.60. The number of ether oxygens (including phenoxy) is 2. The lowest BCUT2D eigenvalue weighted by molar-refractivity contribution is -0.111. The molecule has 2 rings (SSSR count). The van der Waals surface area contributed by atoms with Crippen LogP contribution in [0, 0.1) is 0 Å². The fourth-order valence-corrected chi connectivity index (χ4v) is 2.68. The largest absolute Gasteiger partial charge is 0.381 e. The van der Waals surface area contributed by atoms with Gasteiger partial charge in [-0.3, -0.25) is 4.68 Å². The van der Waals surface area contributed by atoms with Gasteiger partial charge in [-0.2, -0.15) is 5.10 Å². The van der Waals surface area contributed by atoms with E-state index in [-0.39, 0.29) is 11.6 Å². The number of rotatable bonds is 4. The minimum atomic E-state index is -0.194. The van der Waals surface area contributed by atoms with Crippen molar-refractivity contribution in [1.29, 1.82) is 0 Å². The molecule has 1 atom stereocenters. The Morgan fingerprint density at radius 3 is 2.71 bits per heavy atom. The van der Waals surface area contributed by atoms with E-state index in [1.165, 1.54) is 0 Å². The van der Waals surface area contributed by atoms with Crippen molar-refractivity contribution >= 4 is 0 Å². The highest BCUT2D eigenvalue weighted by atomic mass is 16.5. The van der Waals surface area contributed by atoms with Crippen molar-refractivity contribution in [1.82, 2.24) is 15.1 Å². The molecule has 0 radical (unpaired) electrons. The first-order chi connectivity index (χ1) is 8.23. The number of hydrogen-bond donors (Lipinski definition) is 1. The molecule has 0 spiro atoms. The molecule has 1 aliphatic rings. The van der Waals surface area contributed by atoms with E-state index in [9.17, 15) is 0 Å². The molecule has 2 heterocycles. The van der Waals surface area contributed by atoms with E-state index in [2.05, 4.69) is 10.4 Å². The topological polar surface area (TPSA) is 48.3 Å². The first-order valence-electron chi connectivity index (χ1n) is 6.01. The molecule has 5 nitrogen and oxygen atoms in total. The summed E-state index contributed by atoms with van der Waals surface area (Å²) in [5.41, 5.74) is 0.956. The van der Waals surface area contributed by atoms with Crippen LogP contribution < -0.4 is 5.32 Å². The van der Waals surface area contributed by atoms with Gasteiger partial charge in [0.05, 0.1) is 17.3 Å². The van der Waals surface area contributed by atoms with Gasteiger partial charge in [-0.25, -0.2) is 0 Å². The van der Waals surface area contributed by atoms with E-state index < -0.39 is 0 Å². The lowest BCUT2D eigenvalue weighted by Gasteiger charge is -2.42. The van der Waals surface area contributed by atoms with Crippen LogP contribution >= 0.6 is 0 Å². The molecular formula is C12H21N3O2. The minimum Gasteiger partial charge on any atom is -0.381 e. The predicted octanol–water partition coefficient (Wildman–Crippen LogP) is 0.876. The quantitative estimate of drug-likeness (QED) is 0.847. The summed E-state index contributed by atoms with van der Waals surface area (Å²) in [5.74, 6) is 0. The molecule has 0 aliphatic carbocycles. The minimum absolute atomic E-state index is 0.142. The van der Waals surface area contributed by atoms with E-state index in [1.54, 1.807) is 7.11 Å². The summed E-state index contributed by atoms with van der Waals surface area (Å²) in [4.78, 5) is 0. The predicted molar refractivity (Wildman–Crippen MR) is 64.8 cm³/mol. The van der Waals surface area contributed by atoms with E-state index >= 15 is 0 Å². The second kappa shape index (κ2) is 5.16. The van der Waals surface area contributed by atoms with Crippen LogP contribution in [0.25, 0.3) is 0 Å². The van der Waals surface area contributed by atoms with Crippen molar-refractivity contribution in [3.05, 3.63) is 18.0 Å². The number of likely N-dealkylation sites (N-methyl/N-ethyl adjacent to an activating group) is 1. The maximum atomic E-state index is 5.83. The van der Waals surface area contributed by atoms with Crippen molar-refractivity contribution in [2.24, 2.45) is 7.05 Å². The van der Waals surface area contributed by atoms with Crippen LogP contribution in [0.2, 0.25) is 0 Å². The Hall–Kier alpha value is -0.910. The maximum Gasteiger partial charge on any atom is 0.0931 e. The molecule has 0 saturated carbocycles. The Bertz CT molecular complexity index is 358. The highest BCUT2D eigenvalue weighted by Gasteiger charge is 2.41. The molecule has 96 valence electrons. The van der Waals surface area contributed by atoms with Gasteiger partial charge in [-0.1, -0.05) is 0 Å². The van der Waals surface area contributed by atoms with Gasteiger partial charge in [0, 0.05) is 46.4 Å². The summed E-state index contributed by atoms with van der Waals surface area (Å²) in [6, 6.07) is 2.18. The van der Waals surface area contributed by atoms with E-state index in [4.69, 9.17) is 9.47 Å². The molecule has 1 saturated heterocycles. The smallest absolute Gasteiger partial charge is 0.0931 e. The maximum absolute atomic E-state index is 5.83. The molecule has 5 heteroatoms. The normalized spacial score (nSPS) is 21.4. The Kier molecular flexibility index (Phi) is 3.81. The van der Waals surface area contributed by atoms with Gasteiger partial charge in [0.15, 0.2) is 0 Å². The second-order valence-corrected chi connectivity index (χ2v) is 4.48. The van der Waals surface area contributed by atoms with Crippen LogP contribution in [0.3, 0.4) is 0 Å². The van der Waals surface area contributed by atoms with Crippen LogP contribution in [-0.2, 0) is 16.5 Å². The van der Waals surface area contributed by atoms with Gasteiger partial charge >= 0.3 is 0 Å². The molecule has 1 aromatic heterocycles. The van der Waals surface area contributed by atoms with Gasteiger partial charge in [0.25, 0.3) is 0 Å². The fraction of sp³-hybridized carbons (Fsp3) is 0.750. The fourth-order valence-electron chi connectivity index (χ4n) is 2.68. The Labute approximate surface area is 102 Å². The molecule has 1 fully saturated rings. The standard InChI is InChI=1S/C12H21N3O2/c1-13-11(10-4-7-14-15(10)2)12(16-3)5-8-17-9-6-12/h4,7,11,13H,5-6,8-9H2,1-3H3. The highest BCUT2D eigenvalue weighted by molar-refractivity contribution is 5.13. The second-order valence-electron chi connectivity index (χ2n) is 4.48. The number of hydrogen-bond acceptors (Lipinski definition) is 4. The van der Waals surface area contributed by atoms with Gasteiger partial charge in [0.1, 0.15) is 0 Å². The van der Waals surface area contributed by atoms with E-state index in [0.29, 0.717) is 0 Å². The molecule has 17 heavy (non-hydrogen) atoms. The monoisotopic (exact) mass is 239 g/mol. The summed E-state index contributed by atoms with van der Waals surface area (Å²) in [6.07, 6.45) is 3.63. The van der Waals surface area contributed by atoms with Crippen LogP contribution in [0.5, 0.6) is 0 Å². The van der Waals surface area contributed by atoms with Crippen LogP contribution in [-0.4, -0.2) is 42.8 Å². The number of nitrogens with zero attached hydrogens (tertiary/aromatic N) is 2. The summed E-state index contributed by atoms with van der Waals surface area (Å²) < 4.78 is 13.2. The van der Waals surface area contributed by atoms with Gasteiger partial charge in [0.2, 0.25) is 0 Å². The van der Waals surface area contributed by atoms with Crippen molar-refractivity contribution in [3.63, 3.8) is 0 Å². The number of nitrogens with one attached hydrogen (secondary N) is 1. The number of methoxy groups -OCH3 is 1. The highest BCUT2D eigenvalue weighted by Crippen LogP contribution is 2.36. The summed E-state index contributed by atoms with van der Waals surface area (Å²) in [7, 11) is 5.71. The summed E-state index contributed by atoms with van der Waals surface area (Å²) in [6.45, 7) is 1.51. The van der Waals surface area contributed by atoms with E-state index in [0.717, 1.165) is 31.7 Å². The van der Waals surface area contributed by atoms with Crippen molar-refractivity contribution in [2.45, 2.75) is 24.5 Å². The number of aromatic nitrogens is 2. The molecule has 0 aromatic carbocycles. The Balaban J connectivity index is 2.29. The average Bonchev–Trinajstić information content (AvgIpc) is 2.78. The lowest BCUT2D eigenvalue weighted by Crippen LogP contribution is -2.49. The van der Waals surface area contributed by atoms with Gasteiger partial charge < -0.3 is 14.8 Å². The first kappa shape index (κ1) is 12.5. The first-order valence-corrected chi connectivity index (χ1v) is 6.01.